The van der Waals surface area contributed by atoms with E-state index in [1.807, 2.05) is 0 Å². The first kappa shape index (κ1) is 26.6. The minimum Gasteiger partial charge on any atom is -0.382 e. The lowest BCUT2D eigenvalue weighted by molar-refractivity contribution is -0.119. The molecule has 0 atom stereocenters. The Morgan fingerprint density at radius 2 is 1.29 bits per heavy atom. The third-order valence-electron chi connectivity index (χ3n) is 4.56. The van der Waals surface area contributed by atoms with Gasteiger partial charge in [0.2, 0.25) is 17.7 Å². The van der Waals surface area contributed by atoms with Gasteiger partial charge in [-0.2, -0.15) is 0 Å². The third kappa shape index (κ3) is 9.00. The fraction of sp³-hybridized carbons (Fsp3) is 0.273. The van der Waals surface area contributed by atoms with E-state index < -0.39 is 5.91 Å². The van der Waals surface area contributed by atoms with E-state index in [9.17, 15) is 19.2 Å². The lowest BCUT2D eigenvalue weighted by atomic mass is 10.2. The van der Waals surface area contributed by atoms with E-state index in [1.54, 1.807) is 12.1 Å². The minimum absolute atomic E-state index is 0.0374. The van der Waals surface area contributed by atoms with Gasteiger partial charge in [-0.3, -0.25) is 24.4 Å². The van der Waals surface area contributed by atoms with E-state index >= 15 is 0 Å². The molecule has 8 N–H and O–H groups in total. The van der Waals surface area contributed by atoms with Crippen LogP contribution in [0.3, 0.4) is 0 Å². The lowest BCUT2D eigenvalue weighted by Gasteiger charge is -2.10. The van der Waals surface area contributed by atoms with Gasteiger partial charge in [-0.15, -0.1) is 10.2 Å². The van der Waals surface area contributed by atoms with Crippen molar-refractivity contribution in [2.24, 2.45) is 27.4 Å². The number of primary amides is 1. The lowest BCUT2D eigenvalue weighted by Crippen LogP contribution is -2.21. The number of carbonyl (C=O) groups excluding carboxylic acids is 4. The maximum atomic E-state index is 12.2. The van der Waals surface area contributed by atoms with Crippen molar-refractivity contribution >= 4 is 47.1 Å². The van der Waals surface area contributed by atoms with Crippen LogP contribution in [0.5, 0.6) is 0 Å². The number of nitrogens with zero attached hydrogens (tertiary/aromatic N) is 4. The number of aldehydes is 1. The highest BCUT2D eigenvalue weighted by atomic mass is 16.2. The van der Waals surface area contributed by atoms with Crippen LogP contribution >= 0.6 is 0 Å². The number of anilines is 2. The van der Waals surface area contributed by atoms with Gasteiger partial charge >= 0.3 is 0 Å². The third-order valence-corrected chi connectivity index (χ3v) is 4.56. The zero-order valence-electron chi connectivity index (χ0n) is 18.9. The molecule has 2 rings (SSSR count). The van der Waals surface area contributed by atoms with Crippen molar-refractivity contribution in [3.63, 3.8) is 0 Å². The molecule has 0 bridgehead atoms. The van der Waals surface area contributed by atoms with E-state index in [-0.39, 0.29) is 49.2 Å². The first-order chi connectivity index (χ1) is 16.8. The topological polar surface area (TPSA) is 221 Å². The molecule has 2 heterocycles. The zero-order chi connectivity index (χ0) is 25.6. The minimum atomic E-state index is -0.485. The molecule has 0 aliphatic heterocycles. The van der Waals surface area contributed by atoms with Crippen molar-refractivity contribution in [1.82, 2.24) is 9.97 Å². The number of hydrogen-bond acceptors (Lipinski definition) is 8. The number of hydrogen-bond donors (Lipinski definition) is 5. The Morgan fingerprint density at radius 1 is 0.800 bits per heavy atom. The molecule has 0 radical (unpaired) electrons. The Hall–Kier alpha value is -4.68. The van der Waals surface area contributed by atoms with Gasteiger partial charge < -0.3 is 32.6 Å². The molecular weight excluding hydrogens is 454 g/mol. The predicted molar refractivity (Wildman–Crippen MR) is 130 cm³/mol. The molecule has 0 aromatic carbocycles. The number of aromatic nitrogens is 2. The van der Waals surface area contributed by atoms with E-state index in [0.717, 1.165) is 6.29 Å². The monoisotopic (exact) mass is 481 g/mol. The average Bonchev–Trinajstić information content (AvgIpc) is 2.83. The van der Waals surface area contributed by atoms with Gasteiger partial charge in [0.15, 0.2) is 11.7 Å². The van der Waals surface area contributed by atoms with Crippen molar-refractivity contribution in [3.05, 3.63) is 48.0 Å². The second-order valence-corrected chi connectivity index (χ2v) is 7.29. The van der Waals surface area contributed by atoms with E-state index in [1.165, 1.54) is 24.8 Å². The number of amides is 3. The van der Waals surface area contributed by atoms with Gasteiger partial charge in [0, 0.05) is 49.2 Å². The molecule has 184 valence electrons. The first-order valence-corrected chi connectivity index (χ1v) is 10.7. The number of nitrogens with two attached hydrogens (primary N) is 3. The quantitative estimate of drug-likeness (QED) is 0.0883. The van der Waals surface area contributed by atoms with Crippen LogP contribution in [-0.4, -0.2) is 45.6 Å². The maximum absolute atomic E-state index is 12.2. The largest absolute Gasteiger partial charge is 0.382 e. The number of unbranched alkanes of at least 4 members (excludes halogenated alkanes) is 1. The predicted octanol–water partition coefficient (Wildman–Crippen LogP) is 0.404. The van der Waals surface area contributed by atoms with Crippen LogP contribution in [0.1, 0.15) is 49.7 Å². The van der Waals surface area contributed by atoms with Gasteiger partial charge in [-0.1, -0.05) is 0 Å². The molecule has 0 saturated heterocycles. The van der Waals surface area contributed by atoms with Gasteiger partial charge in [0.25, 0.3) is 0 Å². The summed E-state index contributed by atoms with van der Waals surface area (Å²) in [5, 5.41) is 13.2. The molecule has 13 nitrogen and oxygen atoms in total. The van der Waals surface area contributed by atoms with Crippen molar-refractivity contribution in [3.8, 4) is 0 Å². The summed E-state index contributed by atoms with van der Waals surface area (Å²) in [6, 6.07) is 3.09. The fourth-order valence-electron chi connectivity index (χ4n) is 2.84. The molecule has 0 saturated carbocycles. The molecule has 3 amide bonds. The van der Waals surface area contributed by atoms with E-state index in [2.05, 4.69) is 30.8 Å². The van der Waals surface area contributed by atoms with Gasteiger partial charge in [0.1, 0.15) is 6.29 Å². The van der Waals surface area contributed by atoms with Gasteiger partial charge in [-0.05, 0) is 25.0 Å². The summed E-state index contributed by atoms with van der Waals surface area (Å²) in [6.45, 7) is 0. The van der Waals surface area contributed by atoms with Crippen LogP contribution in [0, 0.1) is 0 Å². The average molecular weight is 482 g/mol. The van der Waals surface area contributed by atoms with Gasteiger partial charge in [-0.25, -0.2) is 0 Å². The molecule has 13 heteroatoms. The Balaban J connectivity index is 2.15. The fourth-order valence-corrected chi connectivity index (χ4v) is 2.84. The van der Waals surface area contributed by atoms with Crippen LogP contribution in [-0.2, 0) is 19.2 Å². The van der Waals surface area contributed by atoms with Crippen LogP contribution in [0.15, 0.2) is 47.1 Å². The number of nitrogens with one attached hydrogen (secondary N) is 2. The molecule has 0 aliphatic carbocycles. The molecule has 0 spiro atoms. The summed E-state index contributed by atoms with van der Waals surface area (Å²) >= 11 is 0. The summed E-state index contributed by atoms with van der Waals surface area (Å²) in [5.41, 5.74) is 18.6. The second kappa shape index (κ2) is 13.8. The van der Waals surface area contributed by atoms with Crippen LogP contribution in [0.4, 0.5) is 11.4 Å². The normalized spacial score (nSPS) is 11.5. The van der Waals surface area contributed by atoms with E-state index in [4.69, 9.17) is 17.2 Å². The Bertz CT molecular complexity index is 1130. The summed E-state index contributed by atoms with van der Waals surface area (Å²) in [5.74, 6) is -1.21. The molecule has 2 aromatic heterocycles. The molecule has 0 unspecified atom stereocenters. The van der Waals surface area contributed by atoms with Crippen molar-refractivity contribution in [2.75, 3.05) is 10.6 Å². The zero-order valence-corrected chi connectivity index (χ0v) is 18.9. The Morgan fingerprint density at radius 3 is 1.74 bits per heavy atom. The van der Waals surface area contributed by atoms with Crippen molar-refractivity contribution in [2.45, 2.75) is 38.5 Å². The Labute approximate surface area is 201 Å². The molecule has 2 aromatic rings. The number of carbonyl (C=O) groups is 4. The van der Waals surface area contributed by atoms with Gasteiger partial charge in [0.05, 0.1) is 23.8 Å². The molecule has 0 fully saturated rings. The summed E-state index contributed by atoms with van der Waals surface area (Å²) in [6.07, 6.45) is 7.87. The highest BCUT2D eigenvalue weighted by Gasteiger charge is 2.12. The number of pyridine rings is 2. The van der Waals surface area contributed by atoms with Crippen molar-refractivity contribution < 1.29 is 19.2 Å². The highest BCUT2D eigenvalue weighted by molar-refractivity contribution is 6.08. The highest BCUT2D eigenvalue weighted by Crippen LogP contribution is 2.16. The smallest absolute Gasteiger partial charge is 0.224 e. The van der Waals surface area contributed by atoms with E-state index in [0.29, 0.717) is 35.3 Å². The van der Waals surface area contributed by atoms with Crippen LogP contribution in [0.25, 0.3) is 0 Å². The number of amidine groups is 2. The molecule has 0 aliphatic rings. The van der Waals surface area contributed by atoms with Crippen LogP contribution < -0.4 is 27.8 Å². The number of rotatable bonds is 13. The first-order valence-electron chi connectivity index (χ1n) is 10.7. The molecular formula is C22H27N9O4. The Kier molecular flexibility index (Phi) is 10.5. The van der Waals surface area contributed by atoms with Crippen molar-refractivity contribution in [1.29, 1.82) is 0 Å². The SMILES string of the molecule is NC(=O)CCCC(=O)Nc1cnccc1/C(N)=N/N=C(\N)c1ccncc1NC(=O)CCCC=O. The maximum Gasteiger partial charge on any atom is 0.224 e. The summed E-state index contributed by atoms with van der Waals surface area (Å²) < 4.78 is 0. The second-order valence-electron chi connectivity index (χ2n) is 7.29. The standard InChI is InChI=1S/C22H27N9O4/c23-18(33)4-3-6-20(35)29-17-13-27-10-8-15(17)22(25)31-30-21(24)14-7-9-26-12-16(14)28-19(34)5-1-2-11-32/h7-13H,1-6H2,(H2,23,33)(H2,24,30)(H2,25,31)(H,28,34)(H,29,35). The van der Waals surface area contributed by atoms with Crippen LogP contribution in [0.2, 0.25) is 0 Å². The summed E-state index contributed by atoms with van der Waals surface area (Å²) in [4.78, 5) is 53.4. The molecule has 35 heavy (non-hydrogen) atoms. The summed E-state index contributed by atoms with van der Waals surface area (Å²) in [7, 11) is 0.